The number of aromatic nitrogens is 2. The Kier molecular flexibility index (Phi) is 5.64. The van der Waals surface area contributed by atoms with Crippen molar-refractivity contribution in [3.63, 3.8) is 0 Å². The van der Waals surface area contributed by atoms with Crippen LogP contribution in [0.3, 0.4) is 0 Å². The zero-order chi connectivity index (χ0) is 23.3. The van der Waals surface area contributed by atoms with Crippen molar-refractivity contribution in [1.29, 1.82) is 0 Å². The molecule has 32 heavy (non-hydrogen) atoms. The van der Waals surface area contributed by atoms with Gasteiger partial charge < -0.3 is 4.74 Å². The first-order valence-electron chi connectivity index (χ1n) is 9.44. The lowest BCUT2D eigenvalue weighted by Crippen LogP contribution is -2.44. The summed E-state index contributed by atoms with van der Waals surface area (Å²) in [5.41, 5.74) is 0.517. The smallest absolute Gasteiger partial charge is 0.329 e. The molecule has 2 amide bonds. The highest BCUT2D eigenvalue weighted by Gasteiger charge is 2.42. The summed E-state index contributed by atoms with van der Waals surface area (Å²) in [5.74, 6) is -2.60. The van der Waals surface area contributed by atoms with Crippen molar-refractivity contribution in [2.24, 2.45) is 0 Å². The van der Waals surface area contributed by atoms with Gasteiger partial charge in [0.25, 0.3) is 11.8 Å². The number of halogens is 4. The van der Waals surface area contributed by atoms with Crippen LogP contribution in [0.15, 0.2) is 36.4 Å². The number of carbonyl (C=O) groups excluding carboxylic acids is 3. The third kappa shape index (κ3) is 3.51. The van der Waals surface area contributed by atoms with E-state index in [-0.39, 0.29) is 32.5 Å². The van der Waals surface area contributed by atoms with Gasteiger partial charge in [0.15, 0.2) is 11.9 Å². The molecule has 0 bridgehead atoms. The van der Waals surface area contributed by atoms with E-state index in [1.54, 1.807) is 18.2 Å². The predicted octanol–water partition coefficient (Wildman–Crippen LogP) is 5.03. The molecule has 0 saturated heterocycles. The topological polar surface area (TPSA) is 81.5 Å². The number of benzene rings is 2. The molecular weight excluding hydrogens is 467 g/mol. The van der Waals surface area contributed by atoms with Crippen molar-refractivity contribution in [2.75, 3.05) is 0 Å². The van der Waals surface area contributed by atoms with Crippen LogP contribution in [0.4, 0.5) is 8.78 Å². The van der Waals surface area contributed by atoms with Gasteiger partial charge in [0, 0.05) is 0 Å². The van der Waals surface area contributed by atoms with Crippen LogP contribution in [0.2, 0.25) is 10.0 Å². The molecule has 4 rings (SSSR count). The lowest BCUT2D eigenvalue weighted by molar-refractivity contribution is -0.153. The van der Waals surface area contributed by atoms with Gasteiger partial charge in [-0.3, -0.25) is 19.1 Å². The molecule has 2 heterocycles. The number of rotatable bonds is 5. The first-order valence-corrected chi connectivity index (χ1v) is 10.2. The molecule has 0 spiro atoms. The number of fused-ring (bicyclic) bond motifs is 2. The summed E-state index contributed by atoms with van der Waals surface area (Å²) in [7, 11) is 0. The summed E-state index contributed by atoms with van der Waals surface area (Å²) in [5, 5.41) is 0.173. The fourth-order valence-electron chi connectivity index (χ4n) is 3.59. The van der Waals surface area contributed by atoms with Crippen molar-refractivity contribution < 1.29 is 27.9 Å². The van der Waals surface area contributed by atoms with E-state index in [4.69, 9.17) is 27.9 Å². The molecule has 1 aliphatic heterocycles. The van der Waals surface area contributed by atoms with E-state index in [0.717, 1.165) is 4.90 Å². The summed E-state index contributed by atoms with van der Waals surface area (Å²) in [6, 6.07) is 7.46. The predicted molar refractivity (Wildman–Crippen MR) is 112 cm³/mol. The van der Waals surface area contributed by atoms with Crippen LogP contribution in [0.1, 0.15) is 53.0 Å². The van der Waals surface area contributed by atoms with E-state index in [9.17, 15) is 23.2 Å². The number of hydrogen-bond donors (Lipinski definition) is 0. The van der Waals surface area contributed by atoms with Crippen molar-refractivity contribution in [3.05, 3.63) is 63.4 Å². The summed E-state index contributed by atoms with van der Waals surface area (Å²) < 4.78 is 33.3. The number of para-hydroxylation sites is 2. The van der Waals surface area contributed by atoms with Crippen LogP contribution in [0.5, 0.6) is 0 Å². The molecule has 7 nitrogen and oxygen atoms in total. The molecule has 0 fully saturated rings. The molecule has 0 radical (unpaired) electrons. The first kappa shape index (κ1) is 22.2. The third-order valence-electron chi connectivity index (χ3n) is 5.16. The molecular formula is C21H15Cl2F2N3O4. The zero-order valence-electron chi connectivity index (χ0n) is 16.7. The van der Waals surface area contributed by atoms with Crippen molar-refractivity contribution in [3.8, 4) is 0 Å². The van der Waals surface area contributed by atoms with Gasteiger partial charge in [0.05, 0.1) is 32.2 Å². The number of amides is 2. The summed E-state index contributed by atoms with van der Waals surface area (Å²) in [4.78, 5) is 43.0. The standard InChI is InChI=1S/C21H15Cl2F2N3O4/c1-9(27-18(29)11-7-13(22)14(23)8-12(11)19(27)30)20(31)32-10(2)17-26-15-5-3-4-6-16(15)28(17)21(24)25/h3-10,21H,1-2H3. The molecule has 11 heteroatoms. The number of carbonyl (C=O) groups is 3. The molecule has 166 valence electrons. The highest BCUT2D eigenvalue weighted by Crippen LogP contribution is 2.33. The minimum absolute atomic E-state index is 0.0107. The van der Waals surface area contributed by atoms with Crippen molar-refractivity contribution >= 4 is 52.0 Å². The van der Waals surface area contributed by atoms with Crippen LogP contribution in [-0.4, -0.2) is 38.3 Å². The second-order valence-electron chi connectivity index (χ2n) is 7.15. The number of hydrogen-bond acceptors (Lipinski definition) is 5. The van der Waals surface area contributed by atoms with Gasteiger partial charge in [-0.05, 0) is 38.1 Å². The van der Waals surface area contributed by atoms with Gasteiger partial charge >= 0.3 is 12.5 Å². The number of imide groups is 1. The van der Waals surface area contributed by atoms with Crippen LogP contribution >= 0.6 is 23.2 Å². The quantitative estimate of drug-likeness (QED) is 0.377. The van der Waals surface area contributed by atoms with E-state index >= 15 is 0 Å². The van der Waals surface area contributed by atoms with E-state index in [1.165, 1.54) is 32.0 Å². The van der Waals surface area contributed by atoms with Crippen LogP contribution < -0.4 is 0 Å². The molecule has 1 aromatic heterocycles. The number of imidazole rings is 1. The molecule has 2 atom stereocenters. The Bertz CT molecular complexity index is 1240. The van der Waals surface area contributed by atoms with Gasteiger partial charge in [0.1, 0.15) is 6.04 Å². The van der Waals surface area contributed by atoms with E-state index < -0.39 is 36.5 Å². The maximum absolute atomic E-state index is 13.7. The average molecular weight is 482 g/mol. The Morgan fingerprint density at radius 1 is 1.03 bits per heavy atom. The second kappa shape index (κ2) is 8.14. The Morgan fingerprint density at radius 3 is 2.16 bits per heavy atom. The molecule has 3 aromatic rings. The number of nitrogens with zero attached hydrogens (tertiary/aromatic N) is 3. The Balaban J connectivity index is 1.58. The molecule has 0 aliphatic carbocycles. The Hall–Kier alpha value is -3.04. The molecule has 2 unspecified atom stereocenters. The Morgan fingerprint density at radius 2 is 1.59 bits per heavy atom. The summed E-state index contributed by atoms with van der Waals surface area (Å²) in [6.45, 7) is -0.232. The largest absolute Gasteiger partial charge is 0.453 e. The SMILES string of the molecule is CC(OC(=O)C(C)N1C(=O)c2cc(Cl)c(Cl)cc2C1=O)c1nc2ccccc2n1C(F)F. The lowest BCUT2D eigenvalue weighted by atomic mass is 10.1. The number of esters is 1. The Labute approximate surface area is 190 Å². The van der Waals surface area contributed by atoms with Gasteiger partial charge in [-0.25, -0.2) is 9.78 Å². The molecule has 2 aromatic carbocycles. The third-order valence-corrected chi connectivity index (χ3v) is 5.88. The first-order chi connectivity index (χ1) is 15.1. The van der Waals surface area contributed by atoms with E-state index in [0.29, 0.717) is 10.1 Å². The van der Waals surface area contributed by atoms with Gasteiger partial charge in [-0.15, -0.1) is 0 Å². The molecule has 1 aliphatic rings. The fourth-order valence-corrected chi connectivity index (χ4v) is 3.92. The normalized spacial score (nSPS) is 15.4. The van der Waals surface area contributed by atoms with Crippen molar-refractivity contribution in [2.45, 2.75) is 32.5 Å². The fraction of sp³-hybridized carbons (Fsp3) is 0.238. The highest BCUT2D eigenvalue weighted by molar-refractivity contribution is 6.43. The molecule has 0 saturated carbocycles. The lowest BCUT2D eigenvalue weighted by Gasteiger charge is -2.23. The number of ether oxygens (including phenoxy) is 1. The summed E-state index contributed by atoms with van der Waals surface area (Å²) >= 11 is 11.9. The molecule has 0 N–H and O–H groups in total. The van der Waals surface area contributed by atoms with E-state index in [2.05, 4.69) is 4.98 Å². The monoisotopic (exact) mass is 481 g/mol. The second-order valence-corrected chi connectivity index (χ2v) is 7.97. The van der Waals surface area contributed by atoms with Crippen LogP contribution in [0, 0.1) is 0 Å². The van der Waals surface area contributed by atoms with Gasteiger partial charge in [-0.2, -0.15) is 8.78 Å². The zero-order valence-corrected chi connectivity index (χ0v) is 18.2. The minimum atomic E-state index is -2.92. The van der Waals surface area contributed by atoms with Gasteiger partial charge in [-0.1, -0.05) is 35.3 Å². The maximum Gasteiger partial charge on any atom is 0.329 e. The minimum Gasteiger partial charge on any atom is -0.453 e. The van der Waals surface area contributed by atoms with Crippen LogP contribution in [0.25, 0.3) is 11.0 Å². The summed E-state index contributed by atoms with van der Waals surface area (Å²) in [6.07, 6.45) is -1.18. The van der Waals surface area contributed by atoms with Gasteiger partial charge in [0.2, 0.25) is 0 Å². The average Bonchev–Trinajstić information content (AvgIpc) is 3.24. The number of alkyl halides is 2. The van der Waals surface area contributed by atoms with Crippen LogP contribution in [-0.2, 0) is 9.53 Å². The van der Waals surface area contributed by atoms with E-state index in [1.807, 2.05) is 0 Å². The maximum atomic E-state index is 13.7. The van der Waals surface area contributed by atoms with Crippen molar-refractivity contribution in [1.82, 2.24) is 14.5 Å². The highest BCUT2D eigenvalue weighted by atomic mass is 35.5.